The molecule has 2 bridgehead atoms. The molecule has 0 radical (unpaired) electrons. The molecule has 1 aromatic carbocycles. The van der Waals surface area contributed by atoms with Gasteiger partial charge in [-0.25, -0.2) is 0 Å². The van der Waals surface area contributed by atoms with Gasteiger partial charge in [0, 0.05) is 25.2 Å². The van der Waals surface area contributed by atoms with Crippen LogP contribution in [-0.4, -0.2) is 51.4 Å². The Balaban J connectivity index is 1.18. The monoisotopic (exact) mass is 550 g/mol. The zero-order chi connectivity index (χ0) is 28.2. The van der Waals surface area contributed by atoms with Crippen molar-refractivity contribution in [3.63, 3.8) is 0 Å². The third-order valence-electron chi connectivity index (χ3n) is 10.7. The Bertz CT molecular complexity index is 1320. The molecule has 40 heavy (non-hydrogen) atoms. The Morgan fingerprint density at radius 1 is 1.07 bits per heavy atom. The van der Waals surface area contributed by atoms with Crippen molar-refractivity contribution in [1.29, 1.82) is 0 Å². The first-order valence-electron chi connectivity index (χ1n) is 15.0. The first kappa shape index (κ1) is 27.1. The Labute approximate surface area is 235 Å². The second-order valence-corrected chi connectivity index (χ2v) is 13.6. The zero-order valence-corrected chi connectivity index (χ0v) is 23.9. The summed E-state index contributed by atoms with van der Waals surface area (Å²) in [4.78, 5) is 38.7. The van der Waals surface area contributed by atoms with Crippen LogP contribution in [0.25, 0.3) is 10.9 Å². The highest BCUT2D eigenvalue weighted by Crippen LogP contribution is 2.49. The highest BCUT2D eigenvalue weighted by molar-refractivity contribution is 6.00. The molecule has 0 spiro atoms. The lowest BCUT2D eigenvalue weighted by Crippen LogP contribution is -2.51. The lowest BCUT2D eigenvalue weighted by Gasteiger charge is -2.39. The number of carbonyl (C=O) groups excluding carboxylic acids is 2. The largest absolute Gasteiger partial charge is 0.490 e. The lowest BCUT2D eigenvalue weighted by atomic mass is 9.70. The quantitative estimate of drug-likeness (QED) is 0.447. The molecule has 2 amide bonds. The third-order valence-corrected chi connectivity index (χ3v) is 10.7. The van der Waals surface area contributed by atoms with Gasteiger partial charge < -0.3 is 20.5 Å². The first-order valence-corrected chi connectivity index (χ1v) is 15.0. The second kappa shape index (κ2) is 10.1. The summed E-state index contributed by atoms with van der Waals surface area (Å²) in [5, 5.41) is 21.3. The van der Waals surface area contributed by atoms with Gasteiger partial charge in [-0.2, -0.15) is 5.10 Å². The fourth-order valence-corrected chi connectivity index (χ4v) is 7.67. The molecule has 2 aromatic rings. The van der Waals surface area contributed by atoms with E-state index >= 15 is 0 Å². The van der Waals surface area contributed by atoms with Crippen LogP contribution in [0.15, 0.2) is 18.3 Å². The summed E-state index contributed by atoms with van der Waals surface area (Å²) < 4.78 is 8.15. The molecule has 4 saturated carbocycles. The Hall–Kier alpha value is -3.10. The van der Waals surface area contributed by atoms with Crippen LogP contribution in [0.3, 0.4) is 0 Å². The average molecular weight is 551 g/mol. The van der Waals surface area contributed by atoms with Crippen molar-refractivity contribution in [2.45, 2.75) is 90.2 Å². The van der Waals surface area contributed by atoms with E-state index in [1.165, 1.54) is 6.42 Å². The Morgan fingerprint density at radius 3 is 2.48 bits per heavy atom. The summed E-state index contributed by atoms with van der Waals surface area (Å²) in [6, 6.07) is 3.45. The van der Waals surface area contributed by atoms with Crippen LogP contribution >= 0.6 is 0 Å². The normalized spacial score (nSPS) is 32.4. The average Bonchev–Trinajstić information content (AvgIpc) is 3.63. The number of carboxylic acid groups (broad SMARTS) is 1. The van der Waals surface area contributed by atoms with E-state index in [1.54, 1.807) is 23.9 Å². The molecule has 0 aliphatic heterocycles. The molecule has 9 nitrogen and oxygen atoms in total. The highest BCUT2D eigenvalue weighted by atomic mass is 16.5. The second-order valence-electron chi connectivity index (χ2n) is 13.6. The van der Waals surface area contributed by atoms with Crippen molar-refractivity contribution in [1.82, 2.24) is 20.4 Å². The molecule has 4 aliphatic rings. The molecule has 1 aromatic heterocycles. The summed E-state index contributed by atoms with van der Waals surface area (Å²) in [6.07, 6.45) is 10.6. The van der Waals surface area contributed by atoms with Crippen LogP contribution in [-0.2, 0) is 16.6 Å². The van der Waals surface area contributed by atoms with E-state index in [0.29, 0.717) is 55.4 Å². The van der Waals surface area contributed by atoms with Crippen LogP contribution in [0, 0.1) is 28.6 Å². The fraction of sp³-hybridized carbons (Fsp3) is 0.677. The number of amides is 2. The molecule has 1 heterocycles. The van der Waals surface area contributed by atoms with Gasteiger partial charge in [0.15, 0.2) is 0 Å². The topological polar surface area (TPSA) is 123 Å². The van der Waals surface area contributed by atoms with E-state index in [9.17, 15) is 19.5 Å². The van der Waals surface area contributed by atoms with Gasteiger partial charge in [-0.3, -0.25) is 19.1 Å². The molecule has 3 N–H and O–H groups in total. The maximum Gasteiger partial charge on any atom is 0.309 e. The first-order chi connectivity index (χ1) is 19.1. The van der Waals surface area contributed by atoms with E-state index in [0.717, 1.165) is 43.0 Å². The van der Waals surface area contributed by atoms with Crippen LogP contribution in [0.2, 0.25) is 0 Å². The van der Waals surface area contributed by atoms with Crippen LogP contribution in [0.5, 0.6) is 5.75 Å². The highest BCUT2D eigenvalue weighted by Gasteiger charge is 2.51. The number of hydrogen-bond donors (Lipinski definition) is 3. The summed E-state index contributed by atoms with van der Waals surface area (Å²) in [5.41, 5.74) is 0.779. The number of ether oxygens (including phenoxy) is 1. The van der Waals surface area contributed by atoms with Crippen molar-refractivity contribution >= 4 is 28.7 Å². The number of aromatic nitrogens is 2. The number of fused-ring (bicyclic) bond motifs is 3. The number of carbonyl (C=O) groups is 3. The van der Waals surface area contributed by atoms with Gasteiger partial charge in [0.05, 0.1) is 34.5 Å². The molecular formula is C31H42N4O5. The Morgan fingerprint density at radius 2 is 1.80 bits per heavy atom. The smallest absolute Gasteiger partial charge is 0.309 e. The molecule has 6 rings (SSSR count). The number of carboxylic acids is 1. The van der Waals surface area contributed by atoms with Crippen molar-refractivity contribution < 1.29 is 24.2 Å². The van der Waals surface area contributed by atoms with E-state index in [-0.39, 0.29) is 35.3 Å². The minimum atomic E-state index is -0.760. The minimum absolute atomic E-state index is 0.0855. The third kappa shape index (κ3) is 4.85. The predicted octanol–water partition coefficient (Wildman–Crippen LogP) is 4.44. The zero-order valence-electron chi connectivity index (χ0n) is 23.9. The van der Waals surface area contributed by atoms with Crippen molar-refractivity contribution in [3.8, 4) is 5.75 Å². The van der Waals surface area contributed by atoms with Crippen LogP contribution < -0.4 is 15.4 Å². The van der Waals surface area contributed by atoms with E-state index in [4.69, 9.17) is 4.74 Å². The van der Waals surface area contributed by atoms with Crippen molar-refractivity contribution in [2.75, 3.05) is 6.54 Å². The van der Waals surface area contributed by atoms with Gasteiger partial charge in [0.25, 0.3) is 5.91 Å². The van der Waals surface area contributed by atoms with E-state index < -0.39 is 11.4 Å². The van der Waals surface area contributed by atoms with Gasteiger partial charge in [-0.1, -0.05) is 13.3 Å². The summed E-state index contributed by atoms with van der Waals surface area (Å²) in [6.45, 7) is 4.75. The van der Waals surface area contributed by atoms with Crippen LogP contribution in [0.4, 0.5) is 0 Å². The summed E-state index contributed by atoms with van der Waals surface area (Å²) >= 11 is 0. The van der Waals surface area contributed by atoms with Gasteiger partial charge in [-0.15, -0.1) is 0 Å². The summed E-state index contributed by atoms with van der Waals surface area (Å²) in [7, 11) is 1.84. The van der Waals surface area contributed by atoms with Crippen molar-refractivity contribution in [3.05, 3.63) is 23.9 Å². The number of benzene rings is 1. The van der Waals surface area contributed by atoms with Crippen LogP contribution in [0.1, 0.15) is 88.4 Å². The lowest BCUT2D eigenvalue weighted by molar-refractivity contribution is -0.150. The number of aliphatic carboxylic acids is 1. The number of rotatable bonds is 8. The minimum Gasteiger partial charge on any atom is -0.490 e. The number of nitrogens with zero attached hydrogens (tertiary/aromatic N) is 2. The molecular weight excluding hydrogens is 508 g/mol. The maximum atomic E-state index is 13.7. The van der Waals surface area contributed by atoms with Gasteiger partial charge >= 0.3 is 5.97 Å². The number of nitrogens with one attached hydrogen (secondary N) is 2. The van der Waals surface area contributed by atoms with Gasteiger partial charge in [0.2, 0.25) is 5.91 Å². The van der Waals surface area contributed by atoms with Gasteiger partial charge in [-0.05, 0) is 94.1 Å². The van der Waals surface area contributed by atoms with E-state index in [2.05, 4.69) is 22.7 Å². The number of hydrogen-bond acceptors (Lipinski definition) is 5. The van der Waals surface area contributed by atoms with Gasteiger partial charge in [0.1, 0.15) is 5.75 Å². The molecule has 4 unspecified atom stereocenters. The standard InChI is InChI=1S/C31H42N4O5/c1-30(9-4-10-30)17-32-28(37)25-18-5-6-19(13-18)26(25)34-27(36)20-14-23-22(16-33-35(23)3)24(15-20)40-21-7-11-31(2,12-8-21)29(38)39/h14-16,18-19,21,25-26H,4-13,17H2,1-3H3,(H,32,37)(H,34,36)(H,38,39). The molecule has 216 valence electrons. The van der Waals surface area contributed by atoms with Crippen molar-refractivity contribution in [2.24, 2.45) is 35.6 Å². The predicted molar refractivity (Wildman–Crippen MR) is 150 cm³/mol. The fourth-order valence-electron chi connectivity index (χ4n) is 7.67. The molecule has 9 heteroatoms. The SMILES string of the molecule is Cn1ncc2c(OC3CCC(C)(C(=O)O)CC3)cc(C(=O)NC3C4CCC(C4)C3C(=O)NCC3(C)CCC3)cc21. The maximum absolute atomic E-state index is 13.7. The molecule has 4 atom stereocenters. The molecule has 4 aliphatic carbocycles. The number of aryl methyl sites for hydroxylation is 1. The Kier molecular flexibility index (Phi) is 6.82. The molecule has 0 saturated heterocycles. The summed E-state index contributed by atoms with van der Waals surface area (Å²) in [5.74, 6) is 0.184. The van der Waals surface area contributed by atoms with E-state index in [1.807, 2.05) is 13.1 Å². The molecule has 4 fully saturated rings.